The van der Waals surface area contributed by atoms with Gasteiger partial charge in [-0.15, -0.1) is 0 Å². The molecule has 2 fully saturated rings. The minimum atomic E-state index is -1.98. The molecule has 0 spiro atoms. The largest absolute Gasteiger partial charge is 0.394 e. The van der Waals surface area contributed by atoms with E-state index in [-0.39, 0.29) is 5.57 Å². The lowest BCUT2D eigenvalue weighted by Gasteiger charge is -2.60. The van der Waals surface area contributed by atoms with Gasteiger partial charge < -0.3 is 35.0 Å². The van der Waals surface area contributed by atoms with E-state index in [0.29, 0.717) is 19.0 Å². The van der Waals surface area contributed by atoms with E-state index < -0.39 is 65.8 Å². The van der Waals surface area contributed by atoms with Gasteiger partial charge in [-0.1, -0.05) is 27.2 Å². The molecule has 9 nitrogen and oxygen atoms in total. The van der Waals surface area contributed by atoms with E-state index in [4.69, 9.17) is 9.47 Å². The summed E-state index contributed by atoms with van der Waals surface area (Å²) in [6.45, 7) is 5.14. The van der Waals surface area contributed by atoms with Gasteiger partial charge in [0.15, 0.2) is 18.2 Å². The van der Waals surface area contributed by atoms with Gasteiger partial charge in [-0.2, -0.15) is 0 Å². The normalized spacial score (nSPS) is 48.4. The Labute approximate surface area is 175 Å². The number of carbonyl (C=O) groups is 2. The van der Waals surface area contributed by atoms with Gasteiger partial charge in [0.1, 0.15) is 30.7 Å². The number of ether oxygens (including phenoxy) is 2. The third-order valence-electron chi connectivity index (χ3n) is 7.47. The predicted molar refractivity (Wildman–Crippen MR) is 103 cm³/mol. The summed E-state index contributed by atoms with van der Waals surface area (Å²) < 4.78 is 11.5. The Morgan fingerprint density at radius 3 is 2.37 bits per heavy atom. The van der Waals surface area contributed by atoms with Crippen LogP contribution in [0.15, 0.2) is 11.6 Å². The van der Waals surface area contributed by atoms with Crippen molar-refractivity contribution in [2.45, 2.75) is 82.4 Å². The number of aldehydes is 2. The fraction of sp³-hybridized carbons (Fsp3) is 0.810. The van der Waals surface area contributed by atoms with E-state index in [1.807, 2.05) is 13.8 Å². The third-order valence-corrected chi connectivity index (χ3v) is 7.47. The Morgan fingerprint density at radius 2 is 1.80 bits per heavy atom. The van der Waals surface area contributed by atoms with Crippen molar-refractivity contribution in [1.82, 2.24) is 0 Å². The van der Waals surface area contributed by atoms with Crippen LogP contribution in [0.2, 0.25) is 0 Å². The van der Waals surface area contributed by atoms with Crippen molar-refractivity contribution in [3.8, 4) is 0 Å². The summed E-state index contributed by atoms with van der Waals surface area (Å²) in [4.78, 5) is 23.8. The predicted octanol–water partition coefficient (Wildman–Crippen LogP) is -0.927. The average Bonchev–Trinajstić information content (AvgIpc) is 2.69. The number of aliphatic hydroxyl groups excluding tert-OH is 4. The summed E-state index contributed by atoms with van der Waals surface area (Å²) in [6, 6.07) is 0. The van der Waals surface area contributed by atoms with Gasteiger partial charge in [0.25, 0.3) is 0 Å². The van der Waals surface area contributed by atoms with Crippen molar-refractivity contribution in [3.63, 3.8) is 0 Å². The molecule has 0 radical (unpaired) electrons. The maximum absolute atomic E-state index is 12.0. The monoisotopic (exact) mass is 428 g/mol. The van der Waals surface area contributed by atoms with Crippen LogP contribution in [0.1, 0.15) is 40.0 Å². The second-order valence-electron chi connectivity index (χ2n) is 9.66. The molecule has 0 unspecified atom stereocenters. The maximum Gasteiger partial charge on any atom is 0.187 e. The zero-order chi connectivity index (χ0) is 22.5. The molecule has 3 aliphatic rings. The van der Waals surface area contributed by atoms with Crippen LogP contribution in [0, 0.1) is 16.7 Å². The molecule has 1 aliphatic heterocycles. The molecule has 30 heavy (non-hydrogen) atoms. The van der Waals surface area contributed by atoms with E-state index in [2.05, 4.69) is 0 Å². The van der Waals surface area contributed by atoms with Crippen molar-refractivity contribution >= 4 is 12.6 Å². The first-order chi connectivity index (χ1) is 14.0. The fourth-order valence-electron chi connectivity index (χ4n) is 5.83. The first-order valence-electron chi connectivity index (χ1n) is 10.3. The molecule has 9 atom stereocenters. The van der Waals surface area contributed by atoms with E-state index in [1.165, 1.54) is 6.08 Å². The molecule has 5 N–H and O–H groups in total. The number of hydrogen-bond donors (Lipinski definition) is 5. The summed E-state index contributed by atoms with van der Waals surface area (Å²) in [5, 5.41) is 51.1. The molecule has 3 rings (SSSR count). The zero-order valence-electron chi connectivity index (χ0n) is 17.5. The standard InChI is InChI=1S/C21H32O9/c1-19(2)5-4-6-20(3)17(19)12(7-11(8-22)21(20,28)10-24)29-18-16(27)15(26)14(25)13(9-23)30-18/h7-8,10,12-18,23,25-28H,4-6,9H2,1-3H3/t12-,13-,14-,15+,16-,17-,18-,20+,21-/m1/s1. The van der Waals surface area contributed by atoms with Crippen molar-refractivity contribution in [2.24, 2.45) is 16.7 Å². The molecule has 0 aromatic rings. The molecular weight excluding hydrogens is 396 g/mol. The number of hydrogen-bond acceptors (Lipinski definition) is 9. The molecule has 1 heterocycles. The van der Waals surface area contributed by atoms with Crippen LogP contribution >= 0.6 is 0 Å². The Bertz CT molecular complexity index is 705. The van der Waals surface area contributed by atoms with Crippen LogP contribution in [0.25, 0.3) is 0 Å². The first-order valence-corrected chi connectivity index (χ1v) is 10.3. The Hall–Kier alpha value is -1.20. The smallest absolute Gasteiger partial charge is 0.187 e. The first kappa shape index (κ1) is 23.5. The summed E-state index contributed by atoms with van der Waals surface area (Å²) in [5.41, 5.74) is -3.51. The molecule has 0 aromatic carbocycles. The molecule has 1 saturated carbocycles. The van der Waals surface area contributed by atoms with E-state index in [0.717, 1.165) is 12.8 Å². The maximum atomic E-state index is 12.0. The van der Waals surface area contributed by atoms with Gasteiger partial charge in [0, 0.05) is 16.9 Å². The molecule has 170 valence electrons. The third kappa shape index (κ3) is 3.37. The topological polar surface area (TPSA) is 154 Å². The lowest BCUT2D eigenvalue weighted by atomic mass is 9.46. The fourth-order valence-corrected chi connectivity index (χ4v) is 5.83. The van der Waals surface area contributed by atoms with Gasteiger partial charge in [0.05, 0.1) is 12.7 Å². The van der Waals surface area contributed by atoms with Crippen LogP contribution in [0.5, 0.6) is 0 Å². The minimum absolute atomic E-state index is 0.122. The second kappa shape index (κ2) is 8.05. The minimum Gasteiger partial charge on any atom is -0.394 e. The van der Waals surface area contributed by atoms with Crippen LogP contribution in [-0.2, 0) is 19.1 Å². The Balaban J connectivity index is 2.03. The highest BCUT2D eigenvalue weighted by Crippen LogP contribution is 2.61. The molecular formula is C21H32O9. The van der Waals surface area contributed by atoms with Crippen LogP contribution in [0.3, 0.4) is 0 Å². The van der Waals surface area contributed by atoms with Crippen LogP contribution in [0.4, 0.5) is 0 Å². The van der Waals surface area contributed by atoms with Gasteiger partial charge in [-0.3, -0.25) is 9.59 Å². The van der Waals surface area contributed by atoms with E-state index in [1.54, 1.807) is 6.92 Å². The molecule has 9 heteroatoms. The molecule has 0 bridgehead atoms. The van der Waals surface area contributed by atoms with Gasteiger partial charge >= 0.3 is 0 Å². The Kier molecular flexibility index (Phi) is 6.30. The molecule has 1 saturated heterocycles. The number of rotatable bonds is 5. The van der Waals surface area contributed by atoms with Crippen molar-refractivity contribution in [3.05, 3.63) is 11.6 Å². The summed E-state index contributed by atoms with van der Waals surface area (Å²) >= 11 is 0. The molecule has 2 aliphatic carbocycles. The highest BCUT2D eigenvalue weighted by Gasteiger charge is 2.64. The van der Waals surface area contributed by atoms with E-state index in [9.17, 15) is 35.1 Å². The second-order valence-corrected chi connectivity index (χ2v) is 9.66. The van der Waals surface area contributed by atoms with Gasteiger partial charge in [-0.05, 0) is 24.3 Å². The van der Waals surface area contributed by atoms with E-state index >= 15 is 0 Å². The summed E-state index contributed by atoms with van der Waals surface area (Å²) in [6.07, 6.45) is -3.83. The van der Waals surface area contributed by atoms with Crippen molar-refractivity contribution < 1.29 is 44.6 Å². The number of fused-ring (bicyclic) bond motifs is 1. The summed E-state index contributed by atoms with van der Waals surface area (Å²) in [5.74, 6) is -0.426. The van der Waals surface area contributed by atoms with Crippen molar-refractivity contribution in [1.29, 1.82) is 0 Å². The summed E-state index contributed by atoms with van der Waals surface area (Å²) in [7, 11) is 0. The van der Waals surface area contributed by atoms with Crippen molar-refractivity contribution in [2.75, 3.05) is 6.61 Å². The van der Waals surface area contributed by atoms with Crippen LogP contribution < -0.4 is 0 Å². The van der Waals surface area contributed by atoms with Gasteiger partial charge in [0.2, 0.25) is 0 Å². The average molecular weight is 428 g/mol. The SMILES string of the molecule is CC1(C)CCC[C@@]2(C)[C@@H]1[C@H](O[C@@H]1O[C@H](CO)[C@@H](O)[C@H](O)[C@H]1O)C=C(C=O)[C@]2(O)C=O. The Morgan fingerprint density at radius 1 is 1.13 bits per heavy atom. The number of carbonyl (C=O) groups excluding carboxylic acids is 2. The van der Waals surface area contributed by atoms with Gasteiger partial charge in [-0.25, -0.2) is 0 Å². The zero-order valence-corrected chi connectivity index (χ0v) is 17.5. The quantitative estimate of drug-likeness (QED) is 0.350. The van der Waals surface area contributed by atoms with Crippen LogP contribution in [-0.4, -0.2) is 87.1 Å². The lowest BCUT2D eigenvalue weighted by Crippen LogP contribution is -2.66. The molecule has 0 aromatic heterocycles. The molecule has 0 amide bonds. The lowest BCUT2D eigenvalue weighted by molar-refractivity contribution is -0.320. The number of aliphatic hydroxyl groups is 5. The highest BCUT2D eigenvalue weighted by molar-refractivity contribution is 5.88. The highest BCUT2D eigenvalue weighted by atomic mass is 16.7.